The van der Waals surface area contributed by atoms with Crippen LogP contribution in [0, 0.1) is 0 Å². The van der Waals surface area contributed by atoms with Crippen molar-refractivity contribution in [3.8, 4) is 0 Å². The molecule has 3 N–H and O–H groups in total. The van der Waals surface area contributed by atoms with E-state index in [2.05, 4.69) is 20.3 Å². The summed E-state index contributed by atoms with van der Waals surface area (Å²) in [6, 6.07) is -0.0656. The van der Waals surface area contributed by atoms with Gasteiger partial charge in [0.1, 0.15) is 6.33 Å². The number of amides is 1. The number of carbonyl (C=O) groups is 1. The van der Waals surface area contributed by atoms with Crippen LogP contribution in [-0.4, -0.2) is 54.2 Å². The lowest BCUT2D eigenvalue weighted by atomic mass is 10.1. The minimum atomic E-state index is -0.914. The molecule has 0 unspecified atom stereocenters. The van der Waals surface area contributed by atoms with Crippen LogP contribution < -0.4 is 5.73 Å². The number of hydrogen-bond donors (Lipinski definition) is 2. The molecule has 1 saturated heterocycles. The highest BCUT2D eigenvalue weighted by Gasteiger charge is 2.27. The van der Waals surface area contributed by atoms with E-state index in [9.17, 15) is 4.79 Å². The lowest BCUT2D eigenvalue weighted by Crippen LogP contribution is -2.40. The molecule has 1 atom stereocenters. The molecule has 19 heavy (non-hydrogen) atoms. The third kappa shape index (κ3) is 1.92. The summed E-state index contributed by atoms with van der Waals surface area (Å²) in [7, 11) is 0. The lowest BCUT2D eigenvalue weighted by Gasteiger charge is -2.30. The average Bonchev–Trinajstić information content (AvgIpc) is 2.84. The maximum atomic E-state index is 11.0. The maximum absolute atomic E-state index is 11.0. The van der Waals surface area contributed by atoms with Crippen molar-refractivity contribution < 1.29 is 9.90 Å². The van der Waals surface area contributed by atoms with Crippen molar-refractivity contribution in [3.05, 3.63) is 6.33 Å². The number of rotatable bonds is 1. The highest BCUT2D eigenvalue weighted by atomic mass is 16.4. The summed E-state index contributed by atoms with van der Waals surface area (Å²) in [4.78, 5) is 20.4. The van der Waals surface area contributed by atoms with Gasteiger partial charge in [-0.05, 0) is 12.8 Å². The standard InChI is InChI=1S/C10H13N7O2/c11-8-7-9(13-5-12-8)17(15-14-7)6-2-1-3-16(4-6)10(18)19/h5-6H,1-4H2,(H,18,19)(H2,11,12,13)/t6-/m0/s1. The minimum Gasteiger partial charge on any atom is -0.465 e. The predicted molar refractivity (Wildman–Crippen MR) is 65.4 cm³/mol. The van der Waals surface area contributed by atoms with Gasteiger partial charge in [0.2, 0.25) is 0 Å². The summed E-state index contributed by atoms with van der Waals surface area (Å²) in [6.45, 7) is 0.938. The molecule has 3 heterocycles. The van der Waals surface area contributed by atoms with Crippen molar-refractivity contribution >= 4 is 23.1 Å². The van der Waals surface area contributed by atoms with Crippen molar-refractivity contribution in [2.75, 3.05) is 18.8 Å². The Morgan fingerprint density at radius 3 is 3.11 bits per heavy atom. The Morgan fingerprint density at radius 2 is 2.32 bits per heavy atom. The van der Waals surface area contributed by atoms with Crippen LogP contribution in [-0.2, 0) is 0 Å². The van der Waals surface area contributed by atoms with Gasteiger partial charge >= 0.3 is 6.09 Å². The minimum absolute atomic E-state index is 0.0656. The van der Waals surface area contributed by atoms with E-state index >= 15 is 0 Å². The quantitative estimate of drug-likeness (QED) is 0.748. The van der Waals surface area contributed by atoms with E-state index in [1.165, 1.54) is 11.2 Å². The second-order valence-corrected chi connectivity index (χ2v) is 4.49. The van der Waals surface area contributed by atoms with E-state index in [1.54, 1.807) is 4.68 Å². The normalized spacial score (nSPS) is 19.8. The van der Waals surface area contributed by atoms with E-state index < -0.39 is 6.09 Å². The molecule has 9 heteroatoms. The molecule has 3 rings (SSSR count). The summed E-state index contributed by atoms with van der Waals surface area (Å²) in [6.07, 6.45) is 2.07. The van der Waals surface area contributed by atoms with Gasteiger partial charge in [0.25, 0.3) is 0 Å². The number of anilines is 1. The Balaban J connectivity index is 1.96. The van der Waals surface area contributed by atoms with Gasteiger partial charge in [0.05, 0.1) is 6.04 Å². The third-order valence-electron chi connectivity index (χ3n) is 3.30. The van der Waals surface area contributed by atoms with E-state index in [0.717, 1.165) is 12.8 Å². The molecule has 0 aliphatic carbocycles. The zero-order valence-corrected chi connectivity index (χ0v) is 10.1. The summed E-state index contributed by atoms with van der Waals surface area (Å²) < 4.78 is 1.64. The first-order valence-electron chi connectivity index (χ1n) is 5.96. The number of likely N-dealkylation sites (tertiary alicyclic amines) is 1. The molecule has 0 radical (unpaired) electrons. The first-order valence-corrected chi connectivity index (χ1v) is 5.96. The van der Waals surface area contributed by atoms with Crippen LogP contribution in [0.4, 0.5) is 10.6 Å². The fourth-order valence-electron chi connectivity index (χ4n) is 2.36. The fourth-order valence-corrected chi connectivity index (χ4v) is 2.36. The Hall–Kier alpha value is -2.45. The fraction of sp³-hybridized carbons (Fsp3) is 0.500. The van der Waals surface area contributed by atoms with Crippen LogP contribution in [0.25, 0.3) is 11.2 Å². The molecule has 1 amide bonds. The number of nitrogen functional groups attached to an aromatic ring is 1. The van der Waals surface area contributed by atoms with Crippen molar-refractivity contribution in [3.63, 3.8) is 0 Å². The third-order valence-corrected chi connectivity index (χ3v) is 3.30. The van der Waals surface area contributed by atoms with Gasteiger partial charge in [-0.15, -0.1) is 5.10 Å². The van der Waals surface area contributed by atoms with Gasteiger partial charge in [0, 0.05) is 13.1 Å². The van der Waals surface area contributed by atoms with Crippen LogP contribution in [0.5, 0.6) is 0 Å². The topological polar surface area (TPSA) is 123 Å². The Bertz CT molecular complexity index is 625. The predicted octanol–water partition coefficient (Wildman–Crippen LogP) is 0.118. The summed E-state index contributed by atoms with van der Waals surface area (Å²) in [5.74, 6) is 0.280. The second-order valence-electron chi connectivity index (χ2n) is 4.49. The molecule has 0 bridgehead atoms. The van der Waals surface area contributed by atoms with E-state index in [-0.39, 0.29) is 11.9 Å². The molecule has 9 nitrogen and oxygen atoms in total. The lowest BCUT2D eigenvalue weighted by molar-refractivity contribution is 0.119. The van der Waals surface area contributed by atoms with Crippen LogP contribution in [0.3, 0.4) is 0 Å². The SMILES string of the molecule is Nc1ncnc2c1nnn2[C@H]1CCCN(C(=O)O)C1. The number of aromatic nitrogens is 5. The molecule has 1 aliphatic rings. The summed E-state index contributed by atoms with van der Waals surface area (Å²) in [5.41, 5.74) is 6.70. The van der Waals surface area contributed by atoms with Gasteiger partial charge < -0.3 is 15.7 Å². The number of nitrogens with two attached hydrogens (primary N) is 1. The van der Waals surface area contributed by atoms with E-state index in [0.29, 0.717) is 24.3 Å². The van der Waals surface area contributed by atoms with Crippen molar-refractivity contribution in [1.82, 2.24) is 29.9 Å². The van der Waals surface area contributed by atoms with Crippen LogP contribution in [0.15, 0.2) is 6.33 Å². The molecule has 2 aromatic heterocycles. The molecular formula is C10H13N7O2. The summed E-state index contributed by atoms with van der Waals surface area (Å²) in [5, 5.41) is 17.0. The van der Waals surface area contributed by atoms with Crippen LogP contribution in [0.2, 0.25) is 0 Å². The molecular weight excluding hydrogens is 250 g/mol. The van der Waals surface area contributed by atoms with Gasteiger partial charge in [-0.3, -0.25) is 0 Å². The molecule has 1 fully saturated rings. The first-order chi connectivity index (χ1) is 9.16. The Kier molecular flexibility index (Phi) is 2.65. The first kappa shape index (κ1) is 11.6. The maximum Gasteiger partial charge on any atom is 0.407 e. The highest BCUT2D eigenvalue weighted by molar-refractivity contribution is 5.80. The number of carboxylic acid groups (broad SMARTS) is 1. The number of fused-ring (bicyclic) bond motifs is 1. The monoisotopic (exact) mass is 263 g/mol. The molecule has 1 aliphatic heterocycles. The molecule has 0 spiro atoms. The molecule has 0 aromatic carbocycles. The Morgan fingerprint density at radius 1 is 1.47 bits per heavy atom. The van der Waals surface area contributed by atoms with Gasteiger partial charge in [-0.1, -0.05) is 5.21 Å². The highest BCUT2D eigenvalue weighted by Crippen LogP contribution is 2.24. The largest absolute Gasteiger partial charge is 0.465 e. The number of piperidine rings is 1. The van der Waals surface area contributed by atoms with E-state index in [4.69, 9.17) is 10.8 Å². The average molecular weight is 263 g/mol. The molecule has 0 saturated carbocycles. The molecule has 2 aromatic rings. The van der Waals surface area contributed by atoms with Gasteiger partial charge in [-0.2, -0.15) is 0 Å². The smallest absolute Gasteiger partial charge is 0.407 e. The van der Waals surface area contributed by atoms with Crippen molar-refractivity contribution in [2.24, 2.45) is 0 Å². The van der Waals surface area contributed by atoms with Crippen molar-refractivity contribution in [2.45, 2.75) is 18.9 Å². The van der Waals surface area contributed by atoms with Crippen LogP contribution in [0.1, 0.15) is 18.9 Å². The van der Waals surface area contributed by atoms with Gasteiger partial charge in [0.15, 0.2) is 17.0 Å². The zero-order valence-electron chi connectivity index (χ0n) is 10.1. The van der Waals surface area contributed by atoms with E-state index in [1.807, 2.05) is 0 Å². The number of nitrogens with zero attached hydrogens (tertiary/aromatic N) is 6. The Labute approximate surface area is 108 Å². The molecule has 100 valence electrons. The van der Waals surface area contributed by atoms with Crippen LogP contribution >= 0.6 is 0 Å². The van der Waals surface area contributed by atoms with Crippen molar-refractivity contribution in [1.29, 1.82) is 0 Å². The number of hydrogen-bond acceptors (Lipinski definition) is 6. The van der Waals surface area contributed by atoms with Gasteiger partial charge in [-0.25, -0.2) is 19.4 Å². The zero-order chi connectivity index (χ0) is 13.4. The summed E-state index contributed by atoms with van der Waals surface area (Å²) >= 11 is 0. The second kappa shape index (κ2) is 4.34.